The highest BCUT2D eigenvalue weighted by atomic mass is 32.2. The molecule has 0 atom stereocenters. The SMILES string of the molecule is Cc1[nH]cnc1CN1CCC(N2CCSCC2)CC1. The number of hydrogen-bond donors (Lipinski definition) is 1. The number of likely N-dealkylation sites (tertiary alicyclic amines) is 1. The second kappa shape index (κ2) is 6.29. The molecule has 3 rings (SSSR count). The molecule has 19 heavy (non-hydrogen) atoms. The maximum absolute atomic E-state index is 4.41. The van der Waals surface area contributed by atoms with Gasteiger partial charge in [0.1, 0.15) is 0 Å². The Morgan fingerprint density at radius 3 is 2.63 bits per heavy atom. The van der Waals surface area contributed by atoms with Crippen molar-refractivity contribution in [2.45, 2.75) is 32.4 Å². The number of piperidine rings is 1. The number of nitrogens with zero attached hydrogens (tertiary/aromatic N) is 3. The highest BCUT2D eigenvalue weighted by Crippen LogP contribution is 2.21. The topological polar surface area (TPSA) is 35.2 Å². The van der Waals surface area contributed by atoms with Crippen LogP contribution in [0.25, 0.3) is 0 Å². The first-order valence-electron chi connectivity index (χ1n) is 7.36. The zero-order valence-corrected chi connectivity index (χ0v) is 12.6. The summed E-state index contributed by atoms with van der Waals surface area (Å²) in [6.45, 7) is 8.17. The van der Waals surface area contributed by atoms with Crippen molar-refractivity contribution in [2.75, 3.05) is 37.7 Å². The van der Waals surface area contributed by atoms with Crippen LogP contribution in [0.2, 0.25) is 0 Å². The van der Waals surface area contributed by atoms with Crippen molar-refractivity contribution in [3.8, 4) is 0 Å². The zero-order chi connectivity index (χ0) is 13.1. The van der Waals surface area contributed by atoms with Gasteiger partial charge in [-0.1, -0.05) is 0 Å². The van der Waals surface area contributed by atoms with Gasteiger partial charge in [-0.15, -0.1) is 0 Å². The quantitative estimate of drug-likeness (QED) is 0.914. The van der Waals surface area contributed by atoms with Crippen LogP contribution >= 0.6 is 11.8 Å². The van der Waals surface area contributed by atoms with Gasteiger partial charge >= 0.3 is 0 Å². The molecule has 0 spiro atoms. The molecular formula is C14H24N4S. The summed E-state index contributed by atoms with van der Waals surface area (Å²) >= 11 is 2.10. The molecule has 106 valence electrons. The molecule has 0 bridgehead atoms. The summed E-state index contributed by atoms with van der Waals surface area (Å²) in [5.74, 6) is 2.65. The fraction of sp³-hybridized carbons (Fsp3) is 0.786. The molecule has 1 aromatic rings. The van der Waals surface area contributed by atoms with Crippen LogP contribution in [0, 0.1) is 6.92 Å². The van der Waals surface area contributed by atoms with Crippen LogP contribution < -0.4 is 0 Å². The van der Waals surface area contributed by atoms with E-state index in [0.29, 0.717) is 0 Å². The van der Waals surface area contributed by atoms with Gasteiger partial charge in [0.2, 0.25) is 0 Å². The Kier molecular flexibility index (Phi) is 4.45. The molecule has 0 radical (unpaired) electrons. The van der Waals surface area contributed by atoms with Gasteiger partial charge in [0.05, 0.1) is 12.0 Å². The smallest absolute Gasteiger partial charge is 0.0925 e. The Balaban J connectivity index is 1.48. The number of thioether (sulfide) groups is 1. The zero-order valence-electron chi connectivity index (χ0n) is 11.8. The Bertz CT molecular complexity index is 392. The Labute approximate surface area is 120 Å². The van der Waals surface area contributed by atoms with Crippen molar-refractivity contribution >= 4 is 11.8 Å². The third-order valence-corrected chi connectivity index (χ3v) is 5.37. The van der Waals surface area contributed by atoms with Gasteiger partial charge in [0.25, 0.3) is 0 Å². The molecule has 2 fully saturated rings. The predicted octanol–water partition coefficient (Wildman–Crippen LogP) is 1.73. The molecule has 0 amide bonds. The normalized spacial score (nSPS) is 23.8. The molecule has 2 aliphatic heterocycles. The number of aromatic amines is 1. The van der Waals surface area contributed by atoms with Gasteiger partial charge in [-0.3, -0.25) is 9.80 Å². The van der Waals surface area contributed by atoms with E-state index in [4.69, 9.17) is 0 Å². The number of hydrogen-bond acceptors (Lipinski definition) is 4. The van der Waals surface area contributed by atoms with E-state index in [1.54, 1.807) is 0 Å². The first-order valence-corrected chi connectivity index (χ1v) is 8.51. The largest absolute Gasteiger partial charge is 0.348 e. The minimum absolute atomic E-state index is 0.831. The molecule has 3 heterocycles. The Hall–Kier alpha value is -0.520. The molecule has 0 saturated carbocycles. The number of aryl methyl sites for hydroxylation is 1. The van der Waals surface area contributed by atoms with E-state index < -0.39 is 0 Å². The molecule has 0 unspecified atom stereocenters. The molecule has 2 aliphatic rings. The van der Waals surface area contributed by atoms with E-state index in [1.165, 1.54) is 61.9 Å². The van der Waals surface area contributed by atoms with Gasteiger partial charge in [-0.25, -0.2) is 4.98 Å². The summed E-state index contributed by atoms with van der Waals surface area (Å²) < 4.78 is 0. The van der Waals surface area contributed by atoms with E-state index in [1.807, 2.05) is 6.33 Å². The van der Waals surface area contributed by atoms with E-state index in [0.717, 1.165) is 12.6 Å². The lowest BCUT2D eigenvalue weighted by Gasteiger charge is -2.39. The maximum Gasteiger partial charge on any atom is 0.0925 e. The number of aromatic nitrogens is 2. The minimum Gasteiger partial charge on any atom is -0.348 e. The average molecular weight is 280 g/mol. The van der Waals surface area contributed by atoms with Crippen LogP contribution in [0.3, 0.4) is 0 Å². The van der Waals surface area contributed by atoms with Crippen molar-refractivity contribution in [1.82, 2.24) is 19.8 Å². The molecule has 1 aromatic heterocycles. The first-order chi connectivity index (χ1) is 9.33. The monoisotopic (exact) mass is 280 g/mol. The average Bonchev–Trinajstić information content (AvgIpc) is 2.86. The number of H-pyrrole nitrogens is 1. The first kappa shape index (κ1) is 13.5. The lowest BCUT2D eigenvalue weighted by atomic mass is 10.0. The standard InChI is InChI=1S/C14H24N4S/c1-12-14(16-11-15-12)10-17-4-2-13(3-5-17)18-6-8-19-9-7-18/h11,13H,2-10H2,1H3,(H,15,16). The van der Waals surface area contributed by atoms with Crippen molar-refractivity contribution in [3.05, 3.63) is 17.7 Å². The Morgan fingerprint density at radius 1 is 1.26 bits per heavy atom. The summed E-state index contributed by atoms with van der Waals surface area (Å²) in [5, 5.41) is 0. The fourth-order valence-electron chi connectivity index (χ4n) is 3.14. The van der Waals surface area contributed by atoms with Crippen LogP contribution in [-0.2, 0) is 6.54 Å². The summed E-state index contributed by atoms with van der Waals surface area (Å²) in [5.41, 5.74) is 2.43. The minimum atomic E-state index is 0.831. The molecule has 0 aliphatic carbocycles. The molecule has 5 heteroatoms. The van der Waals surface area contributed by atoms with E-state index in [9.17, 15) is 0 Å². The molecular weight excluding hydrogens is 256 g/mol. The molecule has 1 N–H and O–H groups in total. The third kappa shape index (κ3) is 3.33. The predicted molar refractivity (Wildman–Crippen MR) is 80.5 cm³/mol. The number of nitrogens with one attached hydrogen (secondary N) is 1. The second-order valence-electron chi connectivity index (χ2n) is 5.63. The van der Waals surface area contributed by atoms with Gasteiger partial charge in [-0.05, 0) is 19.8 Å². The molecule has 4 nitrogen and oxygen atoms in total. The van der Waals surface area contributed by atoms with E-state index in [2.05, 4.69) is 38.5 Å². The van der Waals surface area contributed by atoms with Gasteiger partial charge in [-0.2, -0.15) is 11.8 Å². The van der Waals surface area contributed by atoms with E-state index in [-0.39, 0.29) is 0 Å². The summed E-state index contributed by atoms with van der Waals surface area (Å²) in [7, 11) is 0. The third-order valence-electron chi connectivity index (χ3n) is 4.43. The van der Waals surface area contributed by atoms with Crippen LogP contribution in [0.5, 0.6) is 0 Å². The van der Waals surface area contributed by atoms with Crippen LogP contribution in [-0.4, -0.2) is 63.5 Å². The van der Waals surface area contributed by atoms with Crippen molar-refractivity contribution in [2.24, 2.45) is 0 Å². The summed E-state index contributed by atoms with van der Waals surface area (Å²) in [4.78, 5) is 12.8. The van der Waals surface area contributed by atoms with Crippen molar-refractivity contribution in [3.63, 3.8) is 0 Å². The highest BCUT2D eigenvalue weighted by Gasteiger charge is 2.25. The second-order valence-corrected chi connectivity index (χ2v) is 6.85. The highest BCUT2D eigenvalue weighted by molar-refractivity contribution is 7.99. The molecule has 0 aromatic carbocycles. The van der Waals surface area contributed by atoms with Crippen molar-refractivity contribution < 1.29 is 0 Å². The van der Waals surface area contributed by atoms with Gasteiger partial charge in [0.15, 0.2) is 0 Å². The Morgan fingerprint density at radius 2 is 2.00 bits per heavy atom. The lowest BCUT2D eigenvalue weighted by molar-refractivity contribution is 0.111. The molecule has 2 saturated heterocycles. The number of rotatable bonds is 3. The van der Waals surface area contributed by atoms with Gasteiger partial charge < -0.3 is 4.98 Å². The van der Waals surface area contributed by atoms with Crippen molar-refractivity contribution in [1.29, 1.82) is 0 Å². The summed E-state index contributed by atoms with van der Waals surface area (Å²) in [6.07, 6.45) is 4.46. The summed E-state index contributed by atoms with van der Waals surface area (Å²) in [6, 6.07) is 0.831. The maximum atomic E-state index is 4.41. The fourth-order valence-corrected chi connectivity index (χ4v) is 4.07. The van der Waals surface area contributed by atoms with Gasteiger partial charge in [0, 0.05) is 56.0 Å². The lowest BCUT2D eigenvalue weighted by Crippen LogP contribution is -2.47. The van der Waals surface area contributed by atoms with Crippen LogP contribution in [0.4, 0.5) is 0 Å². The van der Waals surface area contributed by atoms with Crippen LogP contribution in [0.1, 0.15) is 24.2 Å². The number of imidazole rings is 1. The van der Waals surface area contributed by atoms with Crippen LogP contribution in [0.15, 0.2) is 6.33 Å². The van der Waals surface area contributed by atoms with E-state index >= 15 is 0 Å².